The summed E-state index contributed by atoms with van der Waals surface area (Å²) in [5.74, 6) is -0.154. The molecule has 0 heterocycles. The SMILES string of the molecule is CCOC1CC(CC(NC)c2cc(F)c(C)cc2F)C1. The molecule has 1 N–H and O–H groups in total. The molecule has 0 saturated heterocycles. The Morgan fingerprint density at radius 3 is 2.60 bits per heavy atom. The lowest BCUT2D eigenvalue weighted by atomic mass is 9.77. The van der Waals surface area contributed by atoms with Gasteiger partial charge in [-0.15, -0.1) is 0 Å². The van der Waals surface area contributed by atoms with E-state index in [1.54, 1.807) is 14.0 Å². The Labute approximate surface area is 119 Å². The maximum Gasteiger partial charge on any atom is 0.128 e. The Morgan fingerprint density at radius 2 is 2.00 bits per heavy atom. The molecule has 1 unspecified atom stereocenters. The van der Waals surface area contributed by atoms with Crippen LogP contribution in [-0.4, -0.2) is 19.8 Å². The molecule has 0 aromatic heterocycles. The molecule has 1 atom stereocenters. The maximum atomic E-state index is 14.0. The van der Waals surface area contributed by atoms with Crippen molar-refractivity contribution in [2.24, 2.45) is 5.92 Å². The fourth-order valence-corrected chi connectivity index (χ4v) is 2.90. The number of aryl methyl sites for hydroxylation is 1. The number of benzene rings is 1. The third kappa shape index (κ3) is 3.36. The van der Waals surface area contributed by atoms with E-state index >= 15 is 0 Å². The standard InChI is InChI=1S/C16H23F2NO/c1-4-20-12-6-11(7-12)8-16(19-3)13-9-14(17)10(2)5-15(13)18/h5,9,11-12,16,19H,4,6-8H2,1-3H3. The van der Waals surface area contributed by atoms with Gasteiger partial charge in [0.15, 0.2) is 0 Å². The van der Waals surface area contributed by atoms with Crippen LogP contribution in [0.5, 0.6) is 0 Å². The lowest BCUT2D eigenvalue weighted by Crippen LogP contribution is -2.34. The Hall–Kier alpha value is -1.00. The second-order valence-electron chi connectivity index (χ2n) is 5.61. The quantitative estimate of drug-likeness (QED) is 0.858. The highest BCUT2D eigenvalue weighted by molar-refractivity contribution is 5.27. The fourth-order valence-electron chi connectivity index (χ4n) is 2.90. The summed E-state index contributed by atoms with van der Waals surface area (Å²) in [6, 6.07) is 2.46. The summed E-state index contributed by atoms with van der Waals surface area (Å²) in [4.78, 5) is 0. The van der Waals surface area contributed by atoms with E-state index in [0.29, 0.717) is 23.1 Å². The first-order valence-electron chi connectivity index (χ1n) is 7.29. The van der Waals surface area contributed by atoms with Crippen molar-refractivity contribution in [2.45, 2.75) is 45.3 Å². The van der Waals surface area contributed by atoms with Crippen LogP contribution in [0, 0.1) is 24.5 Å². The lowest BCUT2D eigenvalue weighted by molar-refractivity contribution is -0.0290. The predicted molar refractivity (Wildman–Crippen MR) is 75.7 cm³/mol. The van der Waals surface area contributed by atoms with Gasteiger partial charge >= 0.3 is 0 Å². The third-order valence-electron chi connectivity index (χ3n) is 4.17. The minimum absolute atomic E-state index is 0.141. The Morgan fingerprint density at radius 1 is 1.30 bits per heavy atom. The van der Waals surface area contributed by atoms with Crippen molar-refractivity contribution in [2.75, 3.05) is 13.7 Å². The molecule has 1 aliphatic carbocycles. The van der Waals surface area contributed by atoms with Crippen LogP contribution in [0.2, 0.25) is 0 Å². The normalized spacial score (nSPS) is 23.4. The number of rotatable bonds is 6. The van der Waals surface area contributed by atoms with Gasteiger partial charge in [-0.25, -0.2) is 8.78 Å². The average Bonchev–Trinajstić information content (AvgIpc) is 2.37. The molecule has 1 aliphatic rings. The highest BCUT2D eigenvalue weighted by Gasteiger charge is 2.32. The zero-order valence-electron chi connectivity index (χ0n) is 12.4. The van der Waals surface area contributed by atoms with Gasteiger partial charge in [-0.1, -0.05) is 0 Å². The van der Waals surface area contributed by atoms with E-state index < -0.39 is 0 Å². The summed E-state index contributed by atoms with van der Waals surface area (Å²) in [7, 11) is 1.79. The predicted octanol–water partition coefficient (Wildman–Crippen LogP) is 3.74. The van der Waals surface area contributed by atoms with Crippen molar-refractivity contribution in [3.05, 3.63) is 34.9 Å². The van der Waals surface area contributed by atoms with Crippen molar-refractivity contribution >= 4 is 0 Å². The van der Waals surface area contributed by atoms with Gasteiger partial charge in [0, 0.05) is 18.2 Å². The Kier molecular flexibility index (Phi) is 5.11. The smallest absolute Gasteiger partial charge is 0.128 e. The number of hydrogen-bond acceptors (Lipinski definition) is 2. The van der Waals surface area contributed by atoms with Crippen LogP contribution in [0.25, 0.3) is 0 Å². The van der Waals surface area contributed by atoms with E-state index in [9.17, 15) is 8.78 Å². The van der Waals surface area contributed by atoms with Gasteiger partial charge in [0.2, 0.25) is 0 Å². The van der Waals surface area contributed by atoms with Gasteiger partial charge in [0.1, 0.15) is 11.6 Å². The van der Waals surface area contributed by atoms with Gasteiger partial charge in [0.25, 0.3) is 0 Å². The second kappa shape index (κ2) is 6.64. The van der Waals surface area contributed by atoms with Crippen molar-refractivity contribution in [1.29, 1.82) is 0 Å². The largest absolute Gasteiger partial charge is 0.378 e. The second-order valence-corrected chi connectivity index (χ2v) is 5.61. The van der Waals surface area contributed by atoms with Crippen LogP contribution < -0.4 is 5.32 Å². The first-order valence-corrected chi connectivity index (χ1v) is 7.29. The average molecular weight is 283 g/mol. The fraction of sp³-hybridized carbons (Fsp3) is 0.625. The zero-order chi connectivity index (χ0) is 14.7. The first-order chi connectivity index (χ1) is 9.55. The maximum absolute atomic E-state index is 14.0. The summed E-state index contributed by atoms with van der Waals surface area (Å²) in [6.07, 6.45) is 3.20. The number of ether oxygens (including phenoxy) is 1. The van der Waals surface area contributed by atoms with Crippen LogP contribution in [-0.2, 0) is 4.74 Å². The van der Waals surface area contributed by atoms with Crippen LogP contribution in [0.1, 0.15) is 43.4 Å². The van der Waals surface area contributed by atoms with E-state index in [4.69, 9.17) is 4.74 Å². The summed E-state index contributed by atoms with van der Waals surface area (Å²) in [5, 5.41) is 3.10. The Bertz CT molecular complexity index is 458. The van der Waals surface area contributed by atoms with Gasteiger partial charge < -0.3 is 10.1 Å². The van der Waals surface area contributed by atoms with Crippen molar-refractivity contribution in [3.8, 4) is 0 Å². The van der Waals surface area contributed by atoms with Gasteiger partial charge in [0.05, 0.1) is 6.10 Å². The molecule has 0 aliphatic heterocycles. The van der Waals surface area contributed by atoms with E-state index in [2.05, 4.69) is 5.32 Å². The van der Waals surface area contributed by atoms with E-state index in [1.807, 2.05) is 6.92 Å². The minimum atomic E-state index is -0.345. The molecular weight excluding hydrogens is 260 g/mol. The van der Waals surface area contributed by atoms with E-state index in [-0.39, 0.29) is 17.7 Å². The van der Waals surface area contributed by atoms with Crippen LogP contribution >= 0.6 is 0 Å². The summed E-state index contributed by atoms with van der Waals surface area (Å²) < 4.78 is 33.2. The minimum Gasteiger partial charge on any atom is -0.378 e. The monoisotopic (exact) mass is 283 g/mol. The first kappa shape index (κ1) is 15.4. The van der Waals surface area contributed by atoms with E-state index in [1.165, 1.54) is 12.1 Å². The molecule has 0 spiro atoms. The molecule has 4 heteroatoms. The zero-order valence-corrected chi connectivity index (χ0v) is 12.4. The van der Waals surface area contributed by atoms with E-state index in [0.717, 1.165) is 25.9 Å². The van der Waals surface area contributed by atoms with Crippen molar-refractivity contribution < 1.29 is 13.5 Å². The molecule has 1 fully saturated rings. The molecule has 0 amide bonds. The molecule has 0 radical (unpaired) electrons. The molecule has 2 rings (SSSR count). The number of halogens is 2. The Balaban J connectivity index is 2.01. The van der Waals surface area contributed by atoms with Crippen LogP contribution in [0.15, 0.2) is 12.1 Å². The molecule has 1 aromatic carbocycles. The lowest BCUT2D eigenvalue weighted by Gasteiger charge is -2.37. The topological polar surface area (TPSA) is 21.3 Å². The molecule has 1 aromatic rings. The molecule has 1 saturated carbocycles. The highest BCUT2D eigenvalue weighted by Crippen LogP contribution is 2.37. The van der Waals surface area contributed by atoms with Gasteiger partial charge in [-0.2, -0.15) is 0 Å². The number of hydrogen-bond donors (Lipinski definition) is 1. The molecule has 2 nitrogen and oxygen atoms in total. The van der Waals surface area contributed by atoms with Crippen LogP contribution in [0.3, 0.4) is 0 Å². The highest BCUT2D eigenvalue weighted by atomic mass is 19.1. The third-order valence-corrected chi connectivity index (χ3v) is 4.17. The molecule has 0 bridgehead atoms. The number of nitrogens with one attached hydrogen (secondary N) is 1. The van der Waals surface area contributed by atoms with Crippen LogP contribution in [0.4, 0.5) is 8.78 Å². The summed E-state index contributed by atoms with van der Waals surface area (Å²) >= 11 is 0. The molecule has 20 heavy (non-hydrogen) atoms. The molecular formula is C16H23F2NO. The van der Waals surface area contributed by atoms with Crippen molar-refractivity contribution in [1.82, 2.24) is 5.32 Å². The van der Waals surface area contributed by atoms with Crippen molar-refractivity contribution in [3.63, 3.8) is 0 Å². The van der Waals surface area contributed by atoms with Gasteiger partial charge in [-0.05, 0) is 63.8 Å². The van der Waals surface area contributed by atoms with Gasteiger partial charge in [-0.3, -0.25) is 0 Å². The summed E-state index contributed by atoms with van der Waals surface area (Å²) in [6.45, 7) is 4.31. The molecule has 112 valence electrons. The summed E-state index contributed by atoms with van der Waals surface area (Å²) in [5.41, 5.74) is 0.775.